The molecule has 1 saturated heterocycles. The lowest BCUT2D eigenvalue weighted by atomic mass is 10.0. The monoisotopic (exact) mass is 346 g/mol. The normalized spacial score (nSPS) is 21.6. The van der Waals surface area contributed by atoms with Crippen molar-refractivity contribution in [1.29, 1.82) is 0 Å². The second kappa shape index (κ2) is 7.99. The molecule has 128 valence electrons. The lowest BCUT2D eigenvalue weighted by Gasteiger charge is -2.34. The lowest BCUT2D eigenvalue weighted by Crippen LogP contribution is -2.50. The van der Waals surface area contributed by atoms with Crippen LogP contribution in [0, 0.1) is 0 Å². The molecule has 2 atom stereocenters. The van der Waals surface area contributed by atoms with Gasteiger partial charge in [-0.15, -0.1) is 0 Å². The van der Waals surface area contributed by atoms with Gasteiger partial charge in [-0.1, -0.05) is 35.9 Å². The number of halogens is 1. The third kappa shape index (κ3) is 4.71. The Kier molecular flexibility index (Phi) is 5.74. The SMILES string of the molecule is NC1CCN(Cc2cccc(OCc3ccc(Cl)cc3)c2)CC1O. The molecule has 1 aliphatic heterocycles. The number of hydrogen-bond acceptors (Lipinski definition) is 4. The van der Waals surface area contributed by atoms with Gasteiger partial charge in [0.25, 0.3) is 0 Å². The van der Waals surface area contributed by atoms with Crippen molar-refractivity contribution in [2.75, 3.05) is 13.1 Å². The predicted molar refractivity (Wildman–Crippen MR) is 96.1 cm³/mol. The molecule has 0 bridgehead atoms. The number of piperidine rings is 1. The summed E-state index contributed by atoms with van der Waals surface area (Å²) in [5.41, 5.74) is 8.11. The van der Waals surface area contributed by atoms with Crippen LogP contribution in [0.5, 0.6) is 5.75 Å². The van der Waals surface area contributed by atoms with Gasteiger partial charge in [0.05, 0.1) is 6.10 Å². The quantitative estimate of drug-likeness (QED) is 0.874. The van der Waals surface area contributed by atoms with Gasteiger partial charge in [-0.2, -0.15) is 0 Å². The number of rotatable bonds is 5. The highest BCUT2D eigenvalue weighted by atomic mass is 35.5. The van der Waals surface area contributed by atoms with Crippen molar-refractivity contribution in [2.24, 2.45) is 5.73 Å². The molecule has 2 aromatic carbocycles. The summed E-state index contributed by atoms with van der Waals surface area (Å²) in [6.45, 7) is 2.84. The van der Waals surface area contributed by atoms with E-state index in [1.165, 1.54) is 5.56 Å². The highest BCUT2D eigenvalue weighted by molar-refractivity contribution is 6.30. The van der Waals surface area contributed by atoms with E-state index in [1.807, 2.05) is 36.4 Å². The van der Waals surface area contributed by atoms with E-state index >= 15 is 0 Å². The van der Waals surface area contributed by atoms with Gasteiger partial charge in [-0.3, -0.25) is 4.90 Å². The number of hydrogen-bond donors (Lipinski definition) is 2. The second-order valence-corrected chi connectivity index (χ2v) is 6.75. The van der Waals surface area contributed by atoms with Crippen molar-refractivity contribution in [1.82, 2.24) is 4.90 Å². The van der Waals surface area contributed by atoms with E-state index in [0.717, 1.165) is 35.8 Å². The summed E-state index contributed by atoms with van der Waals surface area (Å²) in [7, 11) is 0. The summed E-state index contributed by atoms with van der Waals surface area (Å²) in [5, 5.41) is 10.6. The number of aliphatic hydroxyl groups excluding tert-OH is 1. The first-order valence-electron chi connectivity index (χ1n) is 8.22. The maximum absolute atomic E-state index is 9.91. The Morgan fingerprint density at radius 2 is 1.96 bits per heavy atom. The average Bonchev–Trinajstić information content (AvgIpc) is 2.58. The summed E-state index contributed by atoms with van der Waals surface area (Å²) in [6, 6.07) is 15.6. The highest BCUT2D eigenvalue weighted by Gasteiger charge is 2.24. The maximum atomic E-state index is 9.91. The fourth-order valence-electron chi connectivity index (χ4n) is 2.90. The summed E-state index contributed by atoms with van der Waals surface area (Å²) < 4.78 is 5.87. The van der Waals surface area contributed by atoms with Gasteiger partial charge >= 0.3 is 0 Å². The van der Waals surface area contributed by atoms with Crippen molar-refractivity contribution in [3.63, 3.8) is 0 Å². The molecule has 5 heteroatoms. The average molecular weight is 347 g/mol. The van der Waals surface area contributed by atoms with E-state index in [-0.39, 0.29) is 6.04 Å². The molecule has 1 heterocycles. The Labute approximate surface area is 147 Å². The Balaban J connectivity index is 1.56. The molecule has 0 radical (unpaired) electrons. The van der Waals surface area contributed by atoms with Crippen LogP contribution in [0.1, 0.15) is 17.5 Å². The summed E-state index contributed by atoms with van der Waals surface area (Å²) in [4.78, 5) is 2.23. The second-order valence-electron chi connectivity index (χ2n) is 6.32. The molecule has 3 N–H and O–H groups in total. The fourth-order valence-corrected chi connectivity index (χ4v) is 3.02. The fraction of sp³-hybridized carbons (Fsp3) is 0.368. The van der Waals surface area contributed by atoms with Gasteiger partial charge < -0.3 is 15.6 Å². The molecule has 3 rings (SSSR count). The van der Waals surface area contributed by atoms with Crippen molar-refractivity contribution in [3.05, 3.63) is 64.7 Å². The van der Waals surface area contributed by atoms with Crippen LogP contribution >= 0.6 is 11.6 Å². The molecule has 2 aromatic rings. The van der Waals surface area contributed by atoms with E-state index in [4.69, 9.17) is 22.1 Å². The van der Waals surface area contributed by atoms with Crippen LogP contribution in [0.15, 0.2) is 48.5 Å². The molecule has 1 aliphatic rings. The van der Waals surface area contributed by atoms with Crippen LogP contribution in [0.2, 0.25) is 5.02 Å². The molecule has 0 spiro atoms. The summed E-state index contributed by atoms with van der Waals surface area (Å²) in [6.07, 6.45) is 0.386. The first-order valence-corrected chi connectivity index (χ1v) is 8.60. The van der Waals surface area contributed by atoms with Crippen LogP contribution in [0.4, 0.5) is 0 Å². The largest absolute Gasteiger partial charge is 0.489 e. The first-order chi connectivity index (χ1) is 11.6. The van der Waals surface area contributed by atoms with E-state index < -0.39 is 6.10 Å². The zero-order valence-corrected chi connectivity index (χ0v) is 14.3. The number of likely N-dealkylation sites (tertiary alicyclic amines) is 1. The van der Waals surface area contributed by atoms with Gasteiger partial charge in [0, 0.05) is 30.7 Å². The molecular weight excluding hydrogens is 324 g/mol. The van der Waals surface area contributed by atoms with Gasteiger partial charge in [0.2, 0.25) is 0 Å². The van der Waals surface area contributed by atoms with E-state index in [0.29, 0.717) is 13.2 Å². The van der Waals surface area contributed by atoms with E-state index in [1.54, 1.807) is 0 Å². The number of nitrogens with two attached hydrogens (primary N) is 1. The minimum absolute atomic E-state index is 0.102. The van der Waals surface area contributed by atoms with Crippen LogP contribution in [-0.2, 0) is 13.2 Å². The third-order valence-electron chi connectivity index (χ3n) is 4.34. The predicted octanol–water partition coefficient (Wildman–Crippen LogP) is 2.81. The van der Waals surface area contributed by atoms with Gasteiger partial charge in [0.15, 0.2) is 0 Å². The molecule has 2 unspecified atom stereocenters. The van der Waals surface area contributed by atoms with Crippen LogP contribution in [0.25, 0.3) is 0 Å². The minimum atomic E-state index is -0.442. The van der Waals surface area contributed by atoms with Crippen LogP contribution < -0.4 is 10.5 Å². The summed E-state index contributed by atoms with van der Waals surface area (Å²) >= 11 is 5.89. The van der Waals surface area contributed by atoms with Crippen molar-refractivity contribution < 1.29 is 9.84 Å². The van der Waals surface area contributed by atoms with Gasteiger partial charge in [-0.25, -0.2) is 0 Å². The van der Waals surface area contributed by atoms with Crippen molar-refractivity contribution in [2.45, 2.75) is 31.7 Å². The van der Waals surface area contributed by atoms with Crippen LogP contribution in [-0.4, -0.2) is 35.2 Å². The number of β-amino-alcohol motifs (C(OH)–C–C–N with tert-alkyl or cyclic N) is 1. The molecule has 0 aromatic heterocycles. The van der Waals surface area contributed by atoms with Gasteiger partial charge in [0.1, 0.15) is 12.4 Å². The smallest absolute Gasteiger partial charge is 0.120 e. The molecule has 4 nitrogen and oxygen atoms in total. The standard InChI is InChI=1S/C19H23ClN2O2/c20-16-6-4-14(5-7-16)13-24-17-3-1-2-15(10-17)11-22-9-8-18(21)19(23)12-22/h1-7,10,18-19,23H,8-9,11-13,21H2. The molecular formula is C19H23ClN2O2. The van der Waals surface area contributed by atoms with Crippen molar-refractivity contribution in [3.8, 4) is 5.75 Å². The number of benzene rings is 2. The minimum Gasteiger partial charge on any atom is -0.489 e. The molecule has 1 fully saturated rings. The van der Waals surface area contributed by atoms with Crippen LogP contribution in [0.3, 0.4) is 0 Å². The Hall–Kier alpha value is -1.59. The number of nitrogens with zero attached hydrogens (tertiary/aromatic N) is 1. The molecule has 0 aliphatic carbocycles. The van der Waals surface area contributed by atoms with Crippen molar-refractivity contribution >= 4 is 11.6 Å². The first kappa shape index (κ1) is 17.2. The molecule has 24 heavy (non-hydrogen) atoms. The summed E-state index contributed by atoms with van der Waals surface area (Å²) in [5.74, 6) is 0.844. The number of ether oxygens (including phenoxy) is 1. The highest BCUT2D eigenvalue weighted by Crippen LogP contribution is 2.19. The Morgan fingerprint density at radius 3 is 2.71 bits per heavy atom. The molecule has 0 amide bonds. The van der Waals surface area contributed by atoms with E-state index in [2.05, 4.69) is 17.0 Å². The topological polar surface area (TPSA) is 58.7 Å². The lowest BCUT2D eigenvalue weighted by molar-refractivity contribution is 0.0499. The zero-order valence-electron chi connectivity index (χ0n) is 13.6. The Bertz CT molecular complexity index is 663. The third-order valence-corrected chi connectivity index (χ3v) is 4.59. The van der Waals surface area contributed by atoms with Gasteiger partial charge in [-0.05, 0) is 41.8 Å². The maximum Gasteiger partial charge on any atom is 0.120 e. The zero-order chi connectivity index (χ0) is 16.9. The Morgan fingerprint density at radius 1 is 1.17 bits per heavy atom. The van der Waals surface area contributed by atoms with E-state index in [9.17, 15) is 5.11 Å². The number of aliphatic hydroxyl groups is 1. The molecule has 0 saturated carbocycles.